The average molecular weight is 308 g/mol. The second kappa shape index (κ2) is 5.70. The predicted octanol–water partition coefficient (Wildman–Crippen LogP) is 2.64. The number of carbonyl (C=O) groups excluding carboxylic acids is 1. The van der Waals surface area contributed by atoms with Crippen LogP contribution >= 0.6 is 0 Å². The maximum atomic E-state index is 11.6. The molecule has 1 aliphatic carbocycles. The molecule has 0 aromatic heterocycles. The molecule has 2 unspecified atom stereocenters. The smallest absolute Gasteiger partial charge is 0.229 e. The molecule has 1 saturated carbocycles. The molecule has 4 heteroatoms. The summed E-state index contributed by atoms with van der Waals surface area (Å²) in [5.74, 6) is 2.84. The molecule has 2 atom stereocenters. The van der Waals surface area contributed by atoms with Crippen LogP contribution in [0.3, 0.4) is 0 Å². The Bertz CT molecular complexity index is 690. The molecule has 2 fully saturated rings. The van der Waals surface area contributed by atoms with E-state index in [9.17, 15) is 4.79 Å². The number of hydrogen-bond donors (Lipinski definition) is 2. The van der Waals surface area contributed by atoms with Gasteiger partial charge in [0.1, 0.15) is 11.5 Å². The summed E-state index contributed by atoms with van der Waals surface area (Å²) in [5.41, 5.74) is 7.17. The number of hydrogen-bond acceptors (Lipinski definition) is 3. The van der Waals surface area contributed by atoms with E-state index in [1.165, 1.54) is 19.5 Å². The number of benzene rings is 2. The summed E-state index contributed by atoms with van der Waals surface area (Å²) in [6, 6.07) is 15.0. The van der Waals surface area contributed by atoms with E-state index in [0.29, 0.717) is 11.5 Å². The van der Waals surface area contributed by atoms with Gasteiger partial charge < -0.3 is 15.8 Å². The van der Waals surface area contributed by atoms with Crippen LogP contribution in [0.1, 0.15) is 23.5 Å². The van der Waals surface area contributed by atoms with Crippen molar-refractivity contribution in [1.82, 2.24) is 5.32 Å². The van der Waals surface area contributed by atoms with Gasteiger partial charge in [0, 0.05) is 11.1 Å². The van der Waals surface area contributed by atoms with Crippen LogP contribution in [0.5, 0.6) is 11.5 Å². The number of nitrogens with two attached hydrogens (primary N) is 1. The van der Waals surface area contributed by atoms with E-state index in [4.69, 9.17) is 10.5 Å². The Morgan fingerprint density at radius 1 is 0.957 bits per heavy atom. The zero-order chi connectivity index (χ0) is 15.8. The van der Waals surface area contributed by atoms with E-state index in [1.807, 2.05) is 48.5 Å². The van der Waals surface area contributed by atoms with E-state index in [2.05, 4.69) is 5.32 Å². The van der Waals surface area contributed by atoms with Crippen molar-refractivity contribution in [1.29, 1.82) is 0 Å². The molecule has 1 amide bonds. The summed E-state index contributed by atoms with van der Waals surface area (Å²) in [6.07, 6.45) is 1.52. The van der Waals surface area contributed by atoms with Crippen LogP contribution < -0.4 is 15.8 Å². The number of fused-ring (bicyclic) bond motifs is 3. The SMILES string of the molecule is C1NCC2CC12.NC(=O)C1c2ccccc2Oc2ccccc21. The van der Waals surface area contributed by atoms with E-state index >= 15 is 0 Å². The van der Waals surface area contributed by atoms with Gasteiger partial charge >= 0.3 is 0 Å². The lowest BCUT2D eigenvalue weighted by atomic mass is 9.87. The lowest BCUT2D eigenvalue weighted by Gasteiger charge is -2.25. The highest BCUT2D eigenvalue weighted by Gasteiger charge is 2.40. The standard InChI is InChI=1S/C14H11NO2.C5H9N/c15-14(16)13-9-5-1-3-7-11(9)17-12-8-4-2-6-10(12)13;1-4-2-6-3-5(1)4/h1-8,13H,(H2,15,16);4-6H,1-3H2. The van der Waals surface area contributed by atoms with E-state index in [0.717, 1.165) is 23.0 Å². The molecule has 0 bridgehead atoms. The summed E-state index contributed by atoms with van der Waals surface area (Å²) < 4.78 is 5.75. The second-order valence-corrected chi connectivity index (χ2v) is 6.43. The minimum absolute atomic E-state index is 0.354. The first-order valence-electron chi connectivity index (χ1n) is 8.10. The third-order valence-electron chi connectivity index (χ3n) is 4.85. The molecule has 1 saturated heterocycles. The normalized spacial score (nSPS) is 23.5. The maximum Gasteiger partial charge on any atom is 0.229 e. The molecule has 118 valence electrons. The fourth-order valence-corrected chi connectivity index (χ4v) is 3.48. The van der Waals surface area contributed by atoms with Crippen molar-refractivity contribution in [3.8, 4) is 11.5 Å². The number of primary amides is 1. The van der Waals surface area contributed by atoms with Gasteiger partial charge in [-0.2, -0.15) is 0 Å². The molecule has 5 rings (SSSR count). The number of para-hydroxylation sites is 2. The van der Waals surface area contributed by atoms with Gasteiger partial charge in [0.25, 0.3) is 0 Å². The second-order valence-electron chi connectivity index (χ2n) is 6.43. The third-order valence-corrected chi connectivity index (χ3v) is 4.85. The van der Waals surface area contributed by atoms with Crippen molar-refractivity contribution < 1.29 is 9.53 Å². The topological polar surface area (TPSA) is 64.3 Å². The first-order valence-corrected chi connectivity index (χ1v) is 8.10. The van der Waals surface area contributed by atoms with Gasteiger partial charge in [0.05, 0.1) is 5.92 Å². The quantitative estimate of drug-likeness (QED) is 0.851. The molecule has 2 aromatic carbocycles. The first-order chi connectivity index (χ1) is 11.2. The maximum absolute atomic E-state index is 11.6. The summed E-state index contributed by atoms with van der Waals surface area (Å²) in [5, 5.41) is 3.32. The number of carbonyl (C=O) groups is 1. The van der Waals surface area contributed by atoms with Crippen LogP contribution in [-0.4, -0.2) is 19.0 Å². The largest absolute Gasteiger partial charge is 0.457 e. The lowest BCUT2D eigenvalue weighted by Crippen LogP contribution is -2.25. The number of piperidine rings is 1. The Labute approximate surface area is 135 Å². The molecule has 3 N–H and O–H groups in total. The summed E-state index contributed by atoms with van der Waals surface area (Å²) in [4.78, 5) is 11.6. The lowest BCUT2D eigenvalue weighted by molar-refractivity contribution is -0.118. The molecule has 23 heavy (non-hydrogen) atoms. The Morgan fingerprint density at radius 3 is 1.87 bits per heavy atom. The van der Waals surface area contributed by atoms with Gasteiger partial charge in [-0.25, -0.2) is 0 Å². The van der Waals surface area contributed by atoms with Crippen LogP contribution in [0.25, 0.3) is 0 Å². The molecular formula is C19H20N2O2. The van der Waals surface area contributed by atoms with Crippen LogP contribution in [-0.2, 0) is 4.79 Å². The summed E-state index contributed by atoms with van der Waals surface area (Å²) >= 11 is 0. The molecular weight excluding hydrogens is 288 g/mol. The average Bonchev–Trinajstić information content (AvgIpc) is 3.18. The number of nitrogens with one attached hydrogen (secondary N) is 1. The Morgan fingerprint density at radius 2 is 1.48 bits per heavy atom. The molecule has 2 aromatic rings. The zero-order valence-electron chi connectivity index (χ0n) is 12.9. The van der Waals surface area contributed by atoms with Crippen molar-refractivity contribution in [2.24, 2.45) is 17.6 Å². The molecule has 0 radical (unpaired) electrons. The number of rotatable bonds is 1. The van der Waals surface area contributed by atoms with Gasteiger partial charge in [-0.15, -0.1) is 0 Å². The van der Waals surface area contributed by atoms with Crippen LogP contribution in [0.4, 0.5) is 0 Å². The minimum atomic E-state index is -0.420. The van der Waals surface area contributed by atoms with Crippen molar-refractivity contribution >= 4 is 5.91 Å². The highest BCUT2D eigenvalue weighted by Crippen LogP contribution is 2.43. The van der Waals surface area contributed by atoms with Gasteiger partial charge in [-0.3, -0.25) is 4.79 Å². The predicted molar refractivity (Wildman–Crippen MR) is 88.5 cm³/mol. The van der Waals surface area contributed by atoms with Crippen LogP contribution in [0.15, 0.2) is 48.5 Å². The zero-order valence-corrected chi connectivity index (χ0v) is 12.9. The highest BCUT2D eigenvalue weighted by molar-refractivity contribution is 5.88. The number of amides is 1. The van der Waals surface area contributed by atoms with Crippen molar-refractivity contribution in [2.75, 3.05) is 13.1 Å². The summed E-state index contributed by atoms with van der Waals surface area (Å²) in [6.45, 7) is 2.62. The van der Waals surface area contributed by atoms with Crippen LogP contribution in [0, 0.1) is 11.8 Å². The van der Waals surface area contributed by atoms with E-state index < -0.39 is 5.92 Å². The van der Waals surface area contributed by atoms with Crippen LogP contribution in [0.2, 0.25) is 0 Å². The molecule has 3 aliphatic rings. The molecule has 4 nitrogen and oxygen atoms in total. The minimum Gasteiger partial charge on any atom is -0.457 e. The Balaban J connectivity index is 0.000000186. The Hall–Kier alpha value is -2.33. The Kier molecular flexibility index (Phi) is 3.54. The van der Waals surface area contributed by atoms with Crippen molar-refractivity contribution in [3.63, 3.8) is 0 Å². The fraction of sp³-hybridized carbons (Fsp3) is 0.316. The van der Waals surface area contributed by atoms with Crippen molar-refractivity contribution in [3.05, 3.63) is 59.7 Å². The summed E-state index contributed by atoms with van der Waals surface area (Å²) in [7, 11) is 0. The molecule has 2 heterocycles. The highest BCUT2D eigenvalue weighted by atomic mass is 16.5. The molecule has 0 spiro atoms. The van der Waals surface area contributed by atoms with Gasteiger partial charge in [0.15, 0.2) is 0 Å². The van der Waals surface area contributed by atoms with Gasteiger partial charge in [-0.1, -0.05) is 36.4 Å². The number of ether oxygens (including phenoxy) is 1. The van der Waals surface area contributed by atoms with E-state index in [-0.39, 0.29) is 5.91 Å². The van der Waals surface area contributed by atoms with Gasteiger partial charge in [-0.05, 0) is 43.5 Å². The monoisotopic (exact) mass is 308 g/mol. The van der Waals surface area contributed by atoms with Gasteiger partial charge in [0.2, 0.25) is 5.91 Å². The third kappa shape index (κ3) is 2.70. The van der Waals surface area contributed by atoms with E-state index in [1.54, 1.807) is 0 Å². The molecule has 2 aliphatic heterocycles. The fourth-order valence-electron chi connectivity index (χ4n) is 3.48. The van der Waals surface area contributed by atoms with Crippen molar-refractivity contribution in [2.45, 2.75) is 12.3 Å². The first kappa shape index (κ1) is 14.3.